The summed E-state index contributed by atoms with van der Waals surface area (Å²) in [4.78, 5) is 23.6. The van der Waals surface area contributed by atoms with Crippen molar-refractivity contribution in [3.8, 4) is 5.69 Å². The van der Waals surface area contributed by atoms with Gasteiger partial charge in [-0.3, -0.25) is 4.79 Å². The second-order valence-corrected chi connectivity index (χ2v) is 7.99. The van der Waals surface area contributed by atoms with Gasteiger partial charge in [0.1, 0.15) is 6.33 Å². The molecule has 1 aromatic carbocycles. The van der Waals surface area contributed by atoms with Crippen LogP contribution in [0.1, 0.15) is 25.7 Å². The number of aromatic nitrogens is 4. The maximum absolute atomic E-state index is 12.2. The van der Waals surface area contributed by atoms with E-state index in [9.17, 15) is 9.59 Å². The van der Waals surface area contributed by atoms with Gasteiger partial charge in [0.05, 0.1) is 17.8 Å². The van der Waals surface area contributed by atoms with Crippen molar-refractivity contribution in [2.45, 2.75) is 43.0 Å². The van der Waals surface area contributed by atoms with Gasteiger partial charge in [-0.15, -0.1) is 5.10 Å². The number of thioether (sulfide) groups is 1. The summed E-state index contributed by atoms with van der Waals surface area (Å²) < 4.78 is 1.54. The number of benzene rings is 1. The molecule has 10 heteroatoms. The van der Waals surface area contributed by atoms with Gasteiger partial charge in [-0.2, -0.15) is 11.8 Å². The third kappa shape index (κ3) is 4.21. The number of nitrogens with zero attached hydrogens (tertiary/aromatic N) is 4. The SMILES string of the molecule is O=C(CCCC[C@@H]1SC[C@@H]2NC(=O)N[C@@H]21)Nc1cccc(-n2cnnn2)c1. The van der Waals surface area contributed by atoms with Crippen LogP contribution in [0, 0.1) is 0 Å². The summed E-state index contributed by atoms with van der Waals surface area (Å²) in [5.74, 6) is 0.961. The highest BCUT2D eigenvalue weighted by Gasteiger charge is 2.42. The highest BCUT2D eigenvalue weighted by Crippen LogP contribution is 2.33. The summed E-state index contributed by atoms with van der Waals surface area (Å²) in [6.45, 7) is 0. The van der Waals surface area contributed by atoms with Crippen LogP contribution in [-0.4, -0.2) is 55.2 Å². The molecule has 4 rings (SSSR count). The zero-order valence-electron chi connectivity index (χ0n) is 14.7. The Kier molecular flexibility index (Phi) is 5.23. The summed E-state index contributed by atoms with van der Waals surface area (Å²) in [5.41, 5.74) is 1.51. The topological polar surface area (TPSA) is 114 Å². The minimum absolute atomic E-state index is 0.00310. The second-order valence-electron chi connectivity index (χ2n) is 6.72. The van der Waals surface area contributed by atoms with Crippen LogP contribution in [0.15, 0.2) is 30.6 Å². The first-order valence-corrected chi connectivity index (χ1v) is 10.1. The van der Waals surface area contributed by atoms with Crippen molar-refractivity contribution in [2.24, 2.45) is 0 Å². The van der Waals surface area contributed by atoms with E-state index in [1.165, 1.54) is 6.33 Å². The number of carbonyl (C=O) groups is 2. The first kappa shape index (κ1) is 17.8. The number of rotatable bonds is 7. The van der Waals surface area contributed by atoms with Crippen molar-refractivity contribution in [1.29, 1.82) is 0 Å². The van der Waals surface area contributed by atoms with Crippen molar-refractivity contribution >= 4 is 29.4 Å². The number of unbranched alkanes of at least 4 members (excludes halogenated alkanes) is 1. The molecule has 0 saturated carbocycles. The van der Waals surface area contributed by atoms with Gasteiger partial charge in [-0.25, -0.2) is 9.48 Å². The standard InChI is InChI=1S/C17H21N7O2S/c25-15(19-11-4-3-5-12(8-11)24-10-18-22-23-24)7-2-1-6-14-16-13(9-27-14)20-17(26)21-16/h3-5,8,10,13-14,16H,1-2,6-7,9H2,(H,19,25)(H2,20,21,26)/t13-,14-,16-/m0/s1. The first-order valence-electron chi connectivity index (χ1n) is 9.01. The molecule has 9 nitrogen and oxygen atoms in total. The van der Waals surface area contributed by atoms with Crippen LogP contribution >= 0.6 is 11.8 Å². The average Bonchev–Trinajstić information content (AvgIpc) is 3.37. The van der Waals surface area contributed by atoms with E-state index in [4.69, 9.17) is 0 Å². The average molecular weight is 387 g/mol. The van der Waals surface area contributed by atoms with E-state index >= 15 is 0 Å². The van der Waals surface area contributed by atoms with Gasteiger partial charge in [-0.05, 0) is 41.5 Å². The number of hydrogen-bond acceptors (Lipinski definition) is 6. The monoisotopic (exact) mass is 387 g/mol. The number of nitrogens with one attached hydrogen (secondary N) is 3. The van der Waals surface area contributed by atoms with Crippen LogP contribution < -0.4 is 16.0 Å². The van der Waals surface area contributed by atoms with Gasteiger partial charge in [-0.1, -0.05) is 12.5 Å². The fraction of sp³-hybridized carbons (Fsp3) is 0.471. The molecule has 3 atom stereocenters. The Hall–Kier alpha value is -2.62. The summed E-state index contributed by atoms with van der Waals surface area (Å²) >= 11 is 1.90. The summed E-state index contributed by atoms with van der Waals surface area (Å²) in [7, 11) is 0. The molecular weight excluding hydrogens is 366 g/mol. The number of tetrazole rings is 1. The molecule has 2 aliphatic rings. The third-order valence-electron chi connectivity index (χ3n) is 4.82. The predicted octanol–water partition coefficient (Wildman–Crippen LogP) is 1.33. The minimum atomic E-state index is -0.0569. The normalized spacial score (nSPS) is 23.6. The summed E-state index contributed by atoms with van der Waals surface area (Å²) in [5, 5.41) is 20.4. The maximum Gasteiger partial charge on any atom is 0.315 e. The highest BCUT2D eigenvalue weighted by atomic mass is 32.2. The molecule has 0 radical (unpaired) electrons. The third-order valence-corrected chi connectivity index (χ3v) is 6.33. The Balaban J connectivity index is 1.20. The number of amides is 3. The fourth-order valence-electron chi connectivity index (χ4n) is 3.50. The molecule has 0 spiro atoms. The van der Waals surface area contributed by atoms with E-state index in [2.05, 4.69) is 31.5 Å². The quantitative estimate of drug-likeness (QED) is 0.488. The molecule has 142 valence electrons. The molecule has 2 fully saturated rings. The number of urea groups is 1. The molecule has 27 heavy (non-hydrogen) atoms. The van der Waals surface area contributed by atoms with E-state index < -0.39 is 0 Å². The minimum Gasteiger partial charge on any atom is -0.332 e. The molecule has 3 amide bonds. The van der Waals surface area contributed by atoms with Crippen molar-refractivity contribution in [2.75, 3.05) is 11.1 Å². The Bertz CT molecular complexity index is 813. The highest BCUT2D eigenvalue weighted by molar-refractivity contribution is 8.00. The van der Waals surface area contributed by atoms with Crippen LogP contribution in [0.3, 0.4) is 0 Å². The molecular formula is C17H21N7O2S. The smallest absolute Gasteiger partial charge is 0.315 e. The Morgan fingerprint density at radius 3 is 3.11 bits per heavy atom. The van der Waals surface area contributed by atoms with Crippen LogP contribution in [0.4, 0.5) is 10.5 Å². The van der Waals surface area contributed by atoms with E-state index in [1.54, 1.807) is 4.68 Å². The predicted molar refractivity (Wildman–Crippen MR) is 102 cm³/mol. The van der Waals surface area contributed by atoms with Crippen LogP contribution in [0.25, 0.3) is 5.69 Å². The van der Waals surface area contributed by atoms with Gasteiger partial charge in [0, 0.05) is 23.1 Å². The Morgan fingerprint density at radius 1 is 1.33 bits per heavy atom. The van der Waals surface area contributed by atoms with E-state index in [0.717, 1.165) is 36.4 Å². The zero-order chi connectivity index (χ0) is 18.6. The van der Waals surface area contributed by atoms with Crippen LogP contribution in [0.2, 0.25) is 0 Å². The van der Waals surface area contributed by atoms with Crippen LogP contribution in [-0.2, 0) is 4.79 Å². The van der Waals surface area contributed by atoms with Gasteiger partial charge < -0.3 is 16.0 Å². The molecule has 2 aliphatic heterocycles. The maximum atomic E-state index is 12.2. The summed E-state index contributed by atoms with van der Waals surface area (Å²) in [6.07, 6.45) is 4.79. The summed E-state index contributed by atoms with van der Waals surface area (Å²) in [6, 6.07) is 7.82. The number of hydrogen-bond donors (Lipinski definition) is 3. The molecule has 3 N–H and O–H groups in total. The molecule has 0 bridgehead atoms. The molecule has 0 unspecified atom stereocenters. The van der Waals surface area contributed by atoms with Crippen molar-refractivity contribution in [1.82, 2.24) is 30.8 Å². The lowest BCUT2D eigenvalue weighted by molar-refractivity contribution is -0.116. The van der Waals surface area contributed by atoms with Gasteiger partial charge in [0.15, 0.2) is 0 Å². The molecule has 1 aromatic heterocycles. The molecule has 0 aliphatic carbocycles. The van der Waals surface area contributed by atoms with Crippen molar-refractivity contribution < 1.29 is 9.59 Å². The molecule has 3 heterocycles. The van der Waals surface area contributed by atoms with E-state index in [1.807, 2.05) is 36.0 Å². The molecule has 2 saturated heterocycles. The zero-order valence-corrected chi connectivity index (χ0v) is 15.5. The Labute approximate surface area is 160 Å². The Morgan fingerprint density at radius 2 is 2.26 bits per heavy atom. The van der Waals surface area contributed by atoms with Gasteiger partial charge in [0.2, 0.25) is 5.91 Å². The lowest BCUT2D eigenvalue weighted by Gasteiger charge is -2.16. The lowest BCUT2D eigenvalue weighted by Crippen LogP contribution is -2.36. The first-order chi connectivity index (χ1) is 13.2. The van der Waals surface area contributed by atoms with E-state index in [-0.39, 0.29) is 24.0 Å². The fourth-order valence-corrected chi connectivity index (χ4v) is 5.05. The number of carbonyl (C=O) groups excluding carboxylic acids is 2. The van der Waals surface area contributed by atoms with Crippen LogP contribution in [0.5, 0.6) is 0 Å². The number of anilines is 1. The molecule has 2 aromatic rings. The van der Waals surface area contributed by atoms with Gasteiger partial charge in [0.25, 0.3) is 0 Å². The van der Waals surface area contributed by atoms with Crippen molar-refractivity contribution in [3.05, 3.63) is 30.6 Å². The number of fused-ring (bicyclic) bond motifs is 1. The largest absolute Gasteiger partial charge is 0.332 e. The van der Waals surface area contributed by atoms with Gasteiger partial charge >= 0.3 is 6.03 Å². The lowest BCUT2D eigenvalue weighted by atomic mass is 10.0. The van der Waals surface area contributed by atoms with E-state index in [0.29, 0.717) is 11.7 Å². The van der Waals surface area contributed by atoms with Crippen molar-refractivity contribution in [3.63, 3.8) is 0 Å². The second kappa shape index (κ2) is 7.95.